The molecule has 2 N–H and O–H groups in total. The summed E-state index contributed by atoms with van der Waals surface area (Å²) in [6.07, 6.45) is 1.71. The Kier molecular flexibility index (Phi) is 18.9. The number of carbonyl (C=O) groups excluding carboxylic acids is 1. The molecule has 1 rings (SSSR count). The topological polar surface area (TPSA) is 72.1 Å². The maximum Gasteiger partial charge on any atom is 0.246 e. The molecule has 0 heterocycles. The van der Waals surface area contributed by atoms with Gasteiger partial charge in [0.1, 0.15) is 0 Å². The number of carbonyl (C=O) groups is 1. The van der Waals surface area contributed by atoms with Gasteiger partial charge in [-0.15, -0.1) is 23.2 Å². The maximum absolute atomic E-state index is 11.3. The number of ether oxygens (including phenoxy) is 3. The fourth-order valence-corrected chi connectivity index (χ4v) is 3.41. The quantitative estimate of drug-likeness (QED) is 0.139. The van der Waals surface area contributed by atoms with Gasteiger partial charge < -0.3 is 29.7 Å². The lowest BCUT2D eigenvalue weighted by Crippen LogP contribution is -2.27. The minimum absolute atomic E-state index is 0.113. The third-order valence-corrected chi connectivity index (χ3v) is 5.20. The van der Waals surface area contributed by atoms with E-state index in [9.17, 15) is 4.79 Å². The standard InChI is InChI=1S/C25H41Cl2N3O4/c1-22(2)25(31)29-12-4-16-33-18-20-34-19-17-32-15-3-11-28-21-23-5-7-24(8-6-23)30(13-9-26)14-10-27/h5-8,28H,1,3-4,9-21H2,2H3,(H,29,31). The molecule has 34 heavy (non-hydrogen) atoms. The third kappa shape index (κ3) is 15.5. The number of amides is 1. The molecule has 0 aromatic heterocycles. The van der Waals surface area contributed by atoms with E-state index in [0.29, 0.717) is 63.5 Å². The van der Waals surface area contributed by atoms with Gasteiger partial charge in [-0.2, -0.15) is 0 Å². The second-order valence-corrected chi connectivity index (χ2v) is 8.54. The van der Waals surface area contributed by atoms with Crippen LogP contribution >= 0.6 is 23.2 Å². The van der Waals surface area contributed by atoms with E-state index in [1.54, 1.807) is 6.92 Å². The lowest BCUT2D eigenvalue weighted by molar-refractivity contribution is -0.117. The van der Waals surface area contributed by atoms with Crippen molar-refractivity contribution in [2.24, 2.45) is 0 Å². The molecule has 0 unspecified atom stereocenters. The predicted molar refractivity (Wildman–Crippen MR) is 141 cm³/mol. The lowest BCUT2D eigenvalue weighted by atomic mass is 10.2. The molecule has 1 aromatic carbocycles. The van der Waals surface area contributed by atoms with Crippen molar-refractivity contribution in [1.29, 1.82) is 0 Å². The average Bonchev–Trinajstić information content (AvgIpc) is 2.83. The number of nitrogens with zero attached hydrogens (tertiary/aromatic N) is 1. The molecule has 9 heteroatoms. The summed E-state index contributed by atoms with van der Waals surface area (Å²) >= 11 is 11.8. The van der Waals surface area contributed by atoms with Crippen LogP contribution in [-0.4, -0.2) is 83.5 Å². The summed E-state index contributed by atoms with van der Waals surface area (Å²) in [7, 11) is 0. The molecule has 0 radical (unpaired) electrons. The van der Waals surface area contributed by atoms with E-state index in [0.717, 1.165) is 44.7 Å². The highest BCUT2D eigenvalue weighted by atomic mass is 35.5. The zero-order valence-electron chi connectivity index (χ0n) is 20.5. The van der Waals surface area contributed by atoms with Crippen LogP contribution in [0.15, 0.2) is 36.4 Å². The van der Waals surface area contributed by atoms with Crippen LogP contribution in [0.25, 0.3) is 0 Å². The summed E-state index contributed by atoms with van der Waals surface area (Å²) in [6, 6.07) is 8.51. The van der Waals surface area contributed by atoms with E-state index >= 15 is 0 Å². The number of hydrogen-bond donors (Lipinski definition) is 2. The first kappa shape index (κ1) is 30.7. The monoisotopic (exact) mass is 517 g/mol. The second-order valence-electron chi connectivity index (χ2n) is 7.79. The molecule has 194 valence electrons. The molecule has 1 amide bonds. The largest absolute Gasteiger partial charge is 0.379 e. The molecule has 0 spiro atoms. The summed E-state index contributed by atoms with van der Waals surface area (Å²) < 4.78 is 16.5. The Labute approximate surface area is 215 Å². The first-order valence-corrected chi connectivity index (χ1v) is 13.0. The maximum atomic E-state index is 11.3. The van der Waals surface area contributed by atoms with Gasteiger partial charge in [0.05, 0.1) is 26.4 Å². The first-order valence-electron chi connectivity index (χ1n) is 11.9. The van der Waals surface area contributed by atoms with Crippen LogP contribution < -0.4 is 15.5 Å². The van der Waals surface area contributed by atoms with E-state index in [1.165, 1.54) is 5.56 Å². The van der Waals surface area contributed by atoms with Gasteiger partial charge in [-0.1, -0.05) is 18.7 Å². The van der Waals surface area contributed by atoms with Crippen LogP contribution in [-0.2, 0) is 25.5 Å². The normalized spacial score (nSPS) is 10.9. The molecule has 0 fully saturated rings. The summed E-state index contributed by atoms with van der Waals surface area (Å²) in [5, 5.41) is 6.21. The van der Waals surface area contributed by atoms with E-state index in [-0.39, 0.29) is 5.91 Å². The zero-order chi connectivity index (χ0) is 24.9. The Morgan fingerprint density at radius 1 is 0.882 bits per heavy atom. The number of anilines is 1. The van der Waals surface area contributed by atoms with Gasteiger partial charge in [0, 0.05) is 62.4 Å². The van der Waals surface area contributed by atoms with Crippen molar-refractivity contribution in [2.75, 3.05) is 82.5 Å². The van der Waals surface area contributed by atoms with Crippen LogP contribution in [0, 0.1) is 0 Å². The van der Waals surface area contributed by atoms with Crippen LogP contribution in [0.2, 0.25) is 0 Å². The molecule has 0 aliphatic rings. The van der Waals surface area contributed by atoms with Crippen molar-refractivity contribution < 1.29 is 19.0 Å². The fraction of sp³-hybridized carbons (Fsp3) is 0.640. The van der Waals surface area contributed by atoms with E-state index < -0.39 is 0 Å². The van der Waals surface area contributed by atoms with Crippen LogP contribution in [0.3, 0.4) is 0 Å². The highest BCUT2D eigenvalue weighted by Crippen LogP contribution is 2.15. The van der Waals surface area contributed by atoms with E-state index in [1.807, 2.05) is 0 Å². The molecule has 0 bridgehead atoms. The number of hydrogen-bond acceptors (Lipinski definition) is 6. The Morgan fingerprint density at radius 2 is 1.41 bits per heavy atom. The Hall–Kier alpha value is -1.35. The molecule has 0 saturated heterocycles. The molecule has 0 atom stereocenters. The van der Waals surface area contributed by atoms with Crippen molar-refractivity contribution >= 4 is 34.8 Å². The van der Waals surface area contributed by atoms with Crippen molar-refractivity contribution in [3.63, 3.8) is 0 Å². The van der Waals surface area contributed by atoms with Gasteiger partial charge in [-0.05, 0) is 44.0 Å². The van der Waals surface area contributed by atoms with Crippen molar-refractivity contribution in [2.45, 2.75) is 26.3 Å². The highest BCUT2D eigenvalue weighted by Gasteiger charge is 2.05. The molecule has 0 saturated carbocycles. The number of benzene rings is 1. The van der Waals surface area contributed by atoms with Crippen molar-refractivity contribution in [3.05, 3.63) is 42.0 Å². The lowest BCUT2D eigenvalue weighted by Gasteiger charge is -2.23. The third-order valence-electron chi connectivity index (χ3n) is 4.86. The van der Waals surface area contributed by atoms with Crippen LogP contribution in [0.5, 0.6) is 0 Å². The van der Waals surface area contributed by atoms with Gasteiger partial charge >= 0.3 is 0 Å². The average molecular weight is 519 g/mol. The highest BCUT2D eigenvalue weighted by molar-refractivity contribution is 6.18. The predicted octanol–water partition coefficient (Wildman–Crippen LogP) is 3.58. The number of rotatable bonds is 22. The Balaban J connectivity index is 1.91. The molecule has 7 nitrogen and oxygen atoms in total. The Bertz CT molecular complexity index is 656. The Morgan fingerprint density at radius 3 is 1.94 bits per heavy atom. The van der Waals surface area contributed by atoms with Gasteiger partial charge in [0.2, 0.25) is 5.91 Å². The number of alkyl halides is 2. The van der Waals surface area contributed by atoms with Crippen molar-refractivity contribution in [1.82, 2.24) is 10.6 Å². The number of halogens is 2. The van der Waals surface area contributed by atoms with E-state index in [2.05, 4.69) is 46.4 Å². The molecule has 1 aromatic rings. The summed E-state index contributed by atoms with van der Waals surface area (Å²) in [6.45, 7) is 12.7. The second kappa shape index (κ2) is 21.0. The zero-order valence-corrected chi connectivity index (χ0v) is 22.0. The van der Waals surface area contributed by atoms with Gasteiger partial charge in [-0.3, -0.25) is 4.79 Å². The summed E-state index contributed by atoms with van der Waals surface area (Å²) in [4.78, 5) is 13.5. The van der Waals surface area contributed by atoms with E-state index in [4.69, 9.17) is 37.4 Å². The fourth-order valence-electron chi connectivity index (χ4n) is 3.00. The molecular formula is C25H41Cl2N3O4. The summed E-state index contributed by atoms with van der Waals surface area (Å²) in [5.74, 6) is 1.06. The minimum Gasteiger partial charge on any atom is -0.379 e. The first-order chi connectivity index (χ1) is 16.6. The SMILES string of the molecule is C=C(C)C(=O)NCCCOCCOCCOCCCNCc1ccc(N(CCCl)CCCl)cc1. The number of nitrogens with one attached hydrogen (secondary N) is 2. The van der Waals surface area contributed by atoms with Crippen LogP contribution in [0.4, 0.5) is 5.69 Å². The minimum atomic E-state index is -0.113. The van der Waals surface area contributed by atoms with Gasteiger partial charge in [0.25, 0.3) is 0 Å². The smallest absolute Gasteiger partial charge is 0.246 e. The summed E-state index contributed by atoms with van der Waals surface area (Å²) in [5.41, 5.74) is 2.91. The van der Waals surface area contributed by atoms with Crippen LogP contribution in [0.1, 0.15) is 25.3 Å². The van der Waals surface area contributed by atoms with Gasteiger partial charge in [0.15, 0.2) is 0 Å². The molecule has 0 aliphatic heterocycles. The molecule has 0 aliphatic carbocycles. The van der Waals surface area contributed by atoms with Gasteiger partial charge in [-0.25, -0.2) is 0 Å². The molecular weight excluding hydrogens is 477 g/mol. The van der Waals surface area contributed by atoms with Crippen molar-refractivity contribution in [3.8, 4) is 0 Å².